The van der Waals surface area contributed by atoms with Crippen molar-refractivity contribution in [2.45, 2.75) is 55.7 Å². The fourth-order valence-electron chi connectivity index (χ4n) is 3.76. The first-order chi connectivity index (χ1) is 11.6. The Morgan fingerprint density at radius 1 is 1.29 bits per heavy atom. The lowest BCUT2D eigenvalue weighted by Crippen LogP contribution is -2.53. The van der Waals surface area contributed by atoms with Crippen molar-refractivity contribution in [3.8, 4) is 0 Å². The SMILES string of the molecule is C[S@@](=O)C1(CNC(=O)N2CCCCC[C@@H]2c2ccncc2)CCC1. The van der Waals surface area contributed by atoms with Crippen molar-refractivity contribution < 1.29 is 9.00 Å². The molecule has 1 saturated heterocycles. The number of hydrogen-bond acceptors (Lipinski definition) is 3. The number of amides is 2. The Morgan fingerprint density at radius 3 is 2.67 bits per heavy atom. The zero-order valence-electron chi connectivity index (χ0n) is 14.4. The standard InChI is InChI=1S/C18H27N3O2S/c1-24(23)18(9-5-10-18)14-20-17(22)21-13-4-2-3-6-16(21)15-7-11-19-12-8-15/h7-8,11-12,16H,2-6,9-10,13-14H2,1H3,(H,20,22)/t16-,24-/m1/s1. The summed E-state index contributed by atoms with van der Waals surface area (Å²) in [4.78, 5) is 18.9. The Labute approximate surface area is 146 Å². The summed E-state index contributed by atoms with van der Waals surface area (Å²) in [5, 5.41) is 3.08. The van der Waals surface area contributed by atoms with Crippen LogP contribution in [0.15, 0.2) is 24.5 Å². The summed E-state index contributed by atoms with van der Waals surface area (Å²) < 4.78 is 11.8. The molecule has 1 aromatic heterocycles. The maximum absolute atomic E-state index is 12.8. The molecule has 6 heteroatoms. The van der Waals surface area contributed by atoms with E-state index in [0.29, 0.717) is 6.54 Å². The highest BCUT2D eigenvalue weighted by molar-refractivity contribution is 7.85. The number of urea groups is 1. The van der Waals surface area contributed by atoms with Crippen LogP contribution in [0.3, 0.4) is 0 Å². The van der Waals surface area contributed by atoms with E-state index in [4.69, 9.17) is 0 Å². The van der Waals surface area contributed by atoms with Crippen molar-refractivity contribution in [2.75, 3.05) is 19.3 Å². The van der Waals surface area contributed by atoms with E-state index in [0.717, 1.165) is 57.1 Å². The van der Waals surface area contributed by atoms with Gasteiger partial charge in [0, 0.05) is 42.5 Å². The average molecular weight is 350 g/mol. The predicted octanol–water partition coefficient (Wildman–Crippen LogP) is 3.01. The third kappa shape index (κ3) is 3.63. The van der Waals surface area contributed by atoms with E-state index < -0.39 is 10.8 Å². The summed E-state index contributed by atoms with van der Waals surface area (Å²) in [5.41, 5.74) is 1.15. The highest BCUT2D eigenvalue weighted by atomic mass is 32.2. The average Bonchev–Trinajstić information content (AvgIpc) is 2.80. The van der Waals surface area contributed by atoms with Gasteiger partial charge >= 0.3 is 6.03 Å². The van der Waals surface area contributed by atoms with Gasteiger partial charge in [-0.05, 0) is 43.4 Å². The molecule has 2 fully saturated rings. The quantitative estimate of drug-likeness (QED) is 0.909. The number of hydrogen-bond donors (Lipinski definition) is 1. The fraction of sp³-hybridized carbons (Fsp3) is 0.667. The topological polar surface area (TPSA) is 62.3 Å². The Bertz CT molecular complexity index is 589. The third-order valence-corrected chi connectivity index (χ3v) is 7.31. The summed E-state index contributed by atoms with van der Waals surface area (Å²) in [5.74, 6) is 0. The summed E-state index contributed by atoms with van der Waals surface area (Å²) in [6.07, 6.45) is 12.7. The molecule has 3 rings (SSSR count). The molecule has 0 unspecified atom stereocenters. The zero-order valence-corrected chi connectivity index (χ0v) is 15.2. The molecule has 0 bridgehead atoms. The molecule has 0 aromatic carbocycles. The maximum atomic E-state index is 12.8. The third-order valence-electron chi connectivity index (χ3n) is 5.54. The molecular weight excluding hydrogens is 322 g/mol. The highest BCUT2D eigenvalue weighted by Crippen LogP contribution is 2.36. The first-order valence-electron chi connectivity index (χ1n) is 8.90. The zero-order chi connectivity index (χ0) is 17.0. The van der Waals surface area contributed by atoms with Crippen LogP contribution >= 0.6 is 0 Å². The first kappa shape index (κ1) is 17.4. The molecule has 132 valence electrons. The van der Waals surface area contributed by atoms with E-state index in [1.165, 1.54) is 0 Å². The second-order valence-corrected chi connectivity index (χ2v) is 8.76. The molecule has 0 radical (unpaired) electrons. The molecule has 1 saturated carbocycles. The minimum absolute atomic E-state index is 0.0181. The number of pyridine rings is 1. The smallest absolute Gasteiger partial charge is 0.317 e. The van der Waals surface area contributed by atoms with Gasteiger partial charge in [-0.1, -0.05) is 19.3 Å². The van der Waals surface area contributed by atoms with Crippen LogP contribution < -0.4 is 5.32 Å². The van der Waals surface area contributed by atoms with Crippen LogP contribution in [0.1, 0.15) is 56.6 Å². The van der Waals surface area contributed by atoms with Crippen molar-refractivity contribution in [2.24, 2.45) is 0 Å². The van der Waals surface area contributed by atoms with Gasteiger partial charge in [-0.25, -0.2) is 4.79 Å². The molecule has 1 aliphatic carbocycles. The van der Waals surface area contributed by atoms with Crippen LogP contribution in [-0.2, 0) is 10.8 Å². The van der Waals surface area contributed by atoms with Gasteiger partial charge in [-0.2, -0.15) is 0 Å². The molecule has 1 aliphatic heterocycles. The number of nitrogens with one attached hydrogen (secondary N) is 1. The summed E-state index contributed by atoms with van der Waals surface area (Å²) in [6.45, 7) is 1.30. The molecule has 2 aliphatic rings. The molecule has 0 spiro atoms. The van der Waals surface area contributed by atoms with Crippen LogP contribution in [0.5, 0.6) is 0 Å². The van der Waals surface area contributed by atoms with Crippen molar-refractivity contribution in [3.63, 3.8) is 0 Å². The van der Waals surface area contributed by atoms with Crippen molar-refractivity contribution in [1.29, 1.82) is 0 Å². The predicted molar refractivity (Wildman–Crippen MR) is 96.2 cm³/mol. The van der Waals surface area contributed by atoms with Gasteiger partial charge in [-0.3, -0.25) is 9.19 Å². The van der Waals surface area contributed by atoms with E-state index >= 15 is 0 Å². The van der Waals surface area contributed by atoms with E-state index in [-0.39, 0.29) is 16.8 Å². The summed E-state index contributed by atoms with van der Waals surface area (Å²) in [6, 6.07) is 4.10. The van der Waals surface area contributed by atoms with Crippen LogP contribution in [0, 0.1) is 0 Å². The Hall–Kier alpha value is -1.43. The van der Waals surface area contributed by atoms with Gasteiger partial charge in [0.25, 0.3) is 0 Å². The van der Waals surface area contributed by atoms with Gasteiger partial charge in [0.1, 0.15) is 0 Å². The van der Waals surface area contributed by atoms with E-state index in [2.05, 4.69) is 10.3 Å². The second-order valence-electron chi connectivity index (χ2n) is 6.99. The van der Waals surface area contributed by atoms with E-state index in [1.807, 2.05) is 17.0 Å². The second kappa shape index (κ2) is 7.64. The van der Waals surface area contributed by atoms with Crippen LogP contribution in [0.4, 0.5) is 4.79 Å². The Balaban J connectivity index is 1.69. The number of rotatable bonds is 4. The normalized spacial score (nSPS) is 24.5. The lowest BCUT2D eigenvalue weighted by atomic mass is 9.84. The maximum Gasteiger partial charge on any atom is 0.317 e. The summed E-state index contributed by atoms with van der Waals surface area (Å²) >= 11 is 0. The monoisotopic (exact) mass is 349 g/mol. The Morgan fingerprint density at radius 2 is 2.04 bits per heavy atom. The number of aromatic nitrogens is 1. The number of carbonyl (C=O) groups is 1. The summed E-state index contributed by atoms with van der Waals surface area (Å²) in [7, 11) is -0.893. The van der Waals surface area contributed by atoms with Gasteiger partial charge in [0.2, 0.25) is 0 Å². The number of nitrogens with zero attached hydrogens (tertiary/aromatic N) is 2. The molecule has 2 heterocycles. The van der Waals surface area contributed by atoms with Gasteiger partial charge in [-0.15, -0.1) is 0 Å². The minimum Gasteiger partial charge on any atom is -0.336 e. The number of carbonyl (C=O) groups excluding carboxylic acids is 1. The van der Waals surface area contributed by atoms with Crippen molar-refractivity contribution >= 4 is 16.8 Å². The van der Waals surface area contributed by atoms with E-state index in [9.17, 15) is 9.00 Å². The molecule has 2 amide bonds. The lowest BCUT2D eigenvalue weighted by Gasteiger charge is -2.40. The van der Waals surface area contributed by atoms with Gasteiger partial charge < -0.3 is 10.2 Å². The van der Waals surface area contributed by atoms with Crippen LogP contribution in [-0.4, -0.2) is 44.2 Å². The lowest BCUT2D eigenvalue weighted by molar-refractivity contribution is 0.172. The fourth-order valence-corrected chi connectivity index (χ4v) is 4.90. The molecular formula is C18H27N3O2S. The van der Waals surface area contributed by atoms with Gasteiger partial charge in [0.05, 0.1) is 10.8 Å². The molecule has 1 N–H and O–H groups in total. The van der Waals surface area contributed by atoms with Crippen molar-refractivity contribution in [1.82, 2.24) is 15.2 Å². The number of likely N-dealkylation sites (tertiary alicyclic amines) is 1. The first-order valence-corrected chi connectivity index (χ1v) is 10.5. The van der Waals surface area contributed by atoms with Crippen LogP contribution in [0.2, 0.25) is 0 Å². The van der Waals surface area contributed by atoms with Crippen molar-refractivity contribution in [3.05, 3.63) is 30.1 Å². The molecule has 24 heavy (non-hydrogen) atoms. The minimum atomic E-state index is -0.893. The largest absolute Gasteiger partial charge is 0.336 e. The highest BCUT2D eigenvalue weighted by Gasteiger charge is 2.41. The Kier molecular flexibility index (Phi) is 5.54. The van der Waals surface area contributed by atoms with Crippen LogP contribution in [0.25, 0.3) is 0 Å². The molecule has 2 atom stereocenters. The van der Waals surface area contributed by atoms with E-state index in [1.54, 1.807) is 18.6 Å². The molecule has 5 nitrogen and oxygen atoms in total. The van der Waals surface area contributed by atoms with Gasteiger partial charge in [0.15, 0.2) is 0 Å². The molecule has 1 aromatic rings.